The van der Waals surface area contributed by atoms with Crippen molar-refractivity contribution in [1.82, 2.24) is 0 Å². The molecule has 0 unspecified atom stereocenters. The zero-order valence-electron chi connectivity index (χ0n) is 20.6. The minimum Gasteiger partial charge on any atom is -0.493 e. The van der Waals surface area contributed by atoms with Crippen molar-refractivity contribution < 1.29 is 14.3 Å². The molecular weight excluding hydrogens is 666 g/mol. The minimum absolute atomic E-state index is 0.187. The van der Waals surface area contributed by atoms with E-state index in [1.54, 1.807) is 48.4 Å². The Hall–Kier alpha value is -2.98. The average molecular weight is 687 g/mol. The van der Waals surface area contributed by atoms with Crippen LogP contribution in [-0.4, -0.2) is 18.2 Å². The Labute approximate surface area is 254 Å². The zero-order chi connectivity index (χ0) is 27.4. The highest BCUT2D eigenvalue weighted by Gasteiger charge is 2.35. The van der Waals surface area contributed by atoms with Crippen LogP contribution < -0.4 is 14.4 Å². The van der Waals surface area contributed by atoms with Crippen LogP contribution in [0.1, 0.15) is 11.1 Å². The van der Waals surface area contributed by atoms with E-state index in [9.17, 15) is 4.79 Å². The maximum Gasteiger partial charge on any atom is 0.271 e. The molecule has 0 saturated carbocycles. The second-order valence-electron chi connectivity index (χ2n) is 8.41. The lowest BCUT2D eigenvalue weighted by molar-refractivity contribution is -0.113. The molecule has 1 aliphatic heterocycles. The van der Waals surface area contributed by atoms with Gasteiger partial charge in [-0.1, -0.05) is 53.5 Å². The number of anilines is 1. The number of hydrogen-bond donors (Lipinski definition) is 0. The van der Waals surface area contributed by atoms with Gasteiger partial charge < -0.3 is 9.47 Å². The molecule has 0 aliphatic carbocycles. The summed E-state index contributed by atoms with van der Waals surface area (Å²) < 4.78 is 12.6. The number of rotatable bonds is 7. The molecule has 1 fully saturated rings. The number of aliphatic imine (C=N–C) groups is 1. The van der Waals surface area contributed by atoms with Crippen LogP contribution in [0.15, 0.2) is 101 Å². The molecule has 0 aromatic heterocycles. The molecule has 5 rings (SSSR count). The summed E-state index contributed by atoms with van der Waals surface area (Å²) >= 11 is 15.7. The molecule has 4 aromatic carbocycles. The van der Waals surface area contributed by atoms with Crippen LogP contribution in [0.5, 0.6) is 11.5 Å². The lowest BCUT2D eigenvalue weighted by Gasteiger charge is -2.15. The Morgan fingerprint density at radius 1 is 0.949 bits per heavy atom. The maximum absolute atomic E-state index is 13.7. The predicted octanol–water partition coefficient (Wildman–Crippen LogP) is 8.99. The van der Waals surface area contributed by atoms with Crippen molar-refractivity contribution in [2.45, 2.75) is 6.61 Å². The normalized spacial score (nSPS) is 15.3. The highest BCUT2D eigenvalue weighted by Crippen LogP contribution is 2.40. The number of carbonyl (C=O) groups is 1. The van der Waals surface area contributed by atoms with Crippen LogP contribution in [0.25, 0.3) is 6.08 Å². The third kappa shape index (κ3) is 6.61. The van der Waals surface area contributed by atoms with Crippen molar-refractivity contribution in [2.24, 2.45) is 4.99 Å². The van der Waals surface area contributed by atoms with Crippen molar-refractivity contribution in [2.75, 3.05) is 12.0 Å². The summed E-state index contributed by atoms with van der Waals surface area (Å²) in [5.74, 6) is 1.06. The number of thioether (sulfide) groups is 1. The van der Waals surface area contributed by atoms with Gasteiger partial charge in [0.25, 0.3) is 5.91 Å². The van der Waals surface area contributed by atoms with Crippen molar-refractivity contribution in [3.63, 3.8) is 0 Å². The number of hydrogen-bond acceptors (Lipinski definition) is 5. The zero-order valence-corrected chi connectivity index (χ0v) is 25.1. The van der Waals surface area contributed by atoms with E-state index in [0.717, 1.165) is 14.7 Å². The van der Waals surface area contributed by atoms with Gasteiger partial charge in [-0.15, -0.1) is 0 Å². The molecule has 4 aromatic rings. The summed E-state index contributed by atoms with van der Waals surface area (Å²) in [4.78, 5) is 20.5. The standard InChI is InChI=1S/C30H21Cl2IN2O3S/c1-37-26-16-20(15-25(33)28(26)38-18-19-5-3-2-4-6-19)17-27-29(36)35(24-13-9-22(32)10-14-24)30(39-27)34-23-11-7-21(31)8-12-23/h2-17H,18H2,1H3/b27-17-,34-30?. The number of halogens is 3. The summed E-state index contributed by atoms with van der Waals surface area (Å²) in [6.45, 7) is 0.419. The summed E-state index contributed by atoms with van der Waals surface area (Å²) in [5.41, 5.74) is 3.23. The molecule has 0 radical (unpaired) electrons. The molecule has 5 nitrogen and oxygen atoms in total. The number of benzene rings is 4. The Bertz CT molecular complexity index is 1560. The molecule has 0 spiro atoms. The molecule has 9 heteroatoms. The van der Waals surface area contributed by atoms with E-state index in [1.165, 1.54) is 11.8 Å². The van der Waals surface area contributed by atoms with E-state index in [-0.39, 0.29) is 5.91 Å². The van der Waals surface area contributed by atoms with Gasteiger partial charge in [-0.2, -0.15) is 0 Å². The second kappa shape index (κ2) is 12.5. The third-order valence-corrected chi connectivity index (χ3v) is 7.99. The fourth-order valence-corrected chi connectivity index (χ4v) is 5.87. The van der Waals surface area contributed by atoms with E-state index in [4.69, 9.17) is 37.7 Å². The van der Waals surface area contributed by atoms with Gasteiger partial charge in [-0.05, 0) is 112 Å². The molecule has 196 valence electrons. The highest BCUT2D eigenvalue weighted by molar-refractivity contribution is 14.1. The first kappa shape index (κ1) is 27.6. The van der Waals surface area contributed by atoms with Gasteiger partial charge in [0, 0.05) is 10.0 Å². The van der Waals surface area contributed by atoms with Crippen molar-refractivity contribution in [3.05, 3.63) is 121 Å². The van der Waals surface area contributed by atoms with Crippen molar-refractivity contribution in [1.29, 1.82) is 0 Å². The molecule has 1 heterocycles. The molecule has 0 bridgehead atoms. The van der Waals surface area contributed by atoms with Gasteiger partial charge in [0.15, 0.2) is 16.7 Å². The van der Waals surface area contributed by atoms with Crippen LogP contribution in [0.2, 0.25) is 10.0 Å². The number of nitrogens with zero attached hydrogens (tertiary/aromatic N) is 2. The highest BCUT2D eigenvalue weighted by atomic mass is 127. The van der Waals surface area contributed by atoms with E-state index < -0.39 is 0 Å². The van der Waals surface area contributed by atoms with E-state index in [1.807, 2.05) is 60.7 Å². The lowest BCUT2D eigenvalue weighted by Crippen LogP contribution is -2.28. The van der Waals surface area contributed by atoms with Gasteiger partial charge in [0.05, 0.1) is 27.0 Å². The number of carbonyl (C=O) groups excluding carboxylic acids is 1. The van der Waals surface area contributed by atoms with Crippen LogP contribution in [0.3, 0.4) is 0 Å². The summed E-state index contributed by atoms with van der Waals surface area (Å²) in [6.07, 6.45) is 1.84. The van der Waals surface area contributed by atoms with Crippen LogP contribution in [0, 0.1) is 3.57 Å². The third-order valence-electron chi connectivity index (χ3n) is 5.72. The largest absolute Gasteiger partial charge is 0.493 e. The SMILES string of the molecule is COc1cc(/C=C2\SC(=Nc3ccc(Cl)cc3)N(c3ccc(Cl)cc3)C2=O)cc(I)c1OCc1ccccc1. The van der Waals surface area contributed by atoms with Gasteiger partial charge in [0.1, 0.15) is 6.61 Å². The number of methoxy groups -OCH3 is 1. The number of amidine groups is 1. The summed E-state index contributed by atoms with van der Waals surface area (Å²) in [5, 5.41) is 1.73. The van der Waals surface area contributed by atoms with E-state index >= 15 is 0 Å². The Kier molecular flexibility index (Phi) is 8.82. The molecule has 1 aliphatic rings. The minimum atomic E-state index is -0.187. The van der Waals surface area contributed by atoms with Gasteiger partial charge >= 0.3 is 0 Å². The smallest absolute Gasteiger partial charge is 0.271 e. The van der Waals surface area contributed by atoms with Gasteiger partial charge in [-0.25, -0.2) is 4.99 Å². The molecule has 39 heavy (non-hydrogen) atoms. The molecule has 0 N–H and O–H groups in total. The van der Waals surface area contributed by atoms with Crippen molar-refractivity contribution >= 4 is 86.1 Å². The lowest BCUT2D eigenvalue weighted by atomic mass is 10.1. The number of amides is 1. The fourth-order valence-electron chi connectivity index (χ4n) is 3.84. The molecular formula is C30H21Cl2IN2O3S. The molecule has 1 saturated heterocycles. The van der Waals surface area contributed by atoms with Gasteiger partial charge in [-0.3, -0.25) is 9.69 Å². The quantitative estimate of drug-likeness (QED) is 0.144. The second-order valence-corrected chi connectivity index (χ2v) is 11.5. The maximum atomic E-state index is 13.7. The first-order valence-electron chi connectivity index (χ1n) is 11.8. The Morgan fingerprint density at radius 3 is 2.28 bits per heavy atom. The monoisotopic (exact) mass is 686 g/mol. The van der Waals surface area contributed by atoms with Crippen LogP contribution in [0.4, 0.5) is 11.4 Å². The number of ether oxygens (including phenoxy) is 2. The first-order chi connectivity index (χ1) is 18.9. The van der Waals surface area contributed by atoms with E-state index in [0.29, 0.717) is 49.6 Å². The summed E-state index contributed by atoms with van der Waals surface area (Å²) in [7, 11) is 1.60. The fraction of sp³-hybridized carbons (Fsp3) is 0.0667. The van der Waals surface area contributed by atoms with Gasteiger partial charge in [0.2, 0.25) is 0 Å². The first-order valence-corrected chi connectivity index (χ1v) is 14.4. The van der Waals surface area contributed by atoms with Crippen LogP contribution >= 0.6 is 57.6 Å². The molecule has 0 atom stereocenters. The Balaban J connectivity index is 1.48. The average Bonchev–Trinajstić information content (AvgIpc) is 3.24. The summed E-state index contributed by atoms with van der Waals surface area (Å²) in [6, 6.07) is 28.0. The topological polar surface area (TPSA) is 51.1 Å². The van der Waals surface area contributed by atoms with Crippen LogP contribution in [-0.2, 0) is 11.4 Å². The van der Waals surface area contributed by atoms with E-state index in [2.05, 4.69) is 22.6 Å². The van der Waals surface area contributed by atoms with Crippen molar-refractivity contribution in [3.8, 4) is 11.5 Å². The Morgan fingerprint density at radius 2 is 1.62 bits per heavy atom. The predicted molar refractivity (Wildman–Crippen MR) is 170 cm³/mol. The molecule has 1 amide bonds.